The molecule has 1 aromatic heterocycles. The maximum Gasteiger partial charge on any atom is 0.287 e. The standard InChI is InChI=1S/C10H13N3O4/c14-8-1-6(2-8)4-12-10(15)9-3-7(5-11-9)13(16)17/h3,5-6,8,11,14H,1-2,4H2,(H,12,15). The third kappa shape index (κ3) is 2.62. The van der Waals surface area contributed by atoms with Gasteiger partial charge in [-0.05, 0) is 18.8 Å². The molecule has 92 valence electrons. The molecule has 0 bridgehead atoms. The molecule has 0 aliphatic heterocycles. The van der Waals surface area contributed by atoms with Crippen molar-refractivity contribution in [2.45, 2.75) is 18.9 Å². The topological polar surface area (TPSA) is 108 Å². The van der Waals surface area contributed by atoms with E-state index in [4.69, 9.17) is 5.11 Å². The Hall–Kier alpha value is -1.89. The molecule has 1 heterocycles. The molecule has 0 radical (unpaired) electrons. The van der Waals surface area contributed by atoms with Crippen LogP contribution in [0.25, 0.3) is 0 Å². The maximum atomic E-state index is 11.6. The van der Waals surface area contributed by atoms with Gasteiger partial charge in [-0.2, -0.15) is 0 Å². The van der Waals surface area contributed by atoms with Crippen LogP contribution < -0.4 is 5.32 Å². The van der Waals surface area contributed by atoms with E-state index in [0.29, 0.717) is 25.3 Å². The Morgan fingerprint density at radius 2 is 2.35 bits per heavy atom. The minimum absolute atomic E-state index is 0.130. The Bertz CT molecular complexity index is 437. The van der Waals surface area contributed by atoms with Gasteiger partial charge in [-0.3, -0.25) is 14.9 Å². The molecule has 0 spiro atoms. The summed E-state index contributed by atoms with van der Waals surface area (Å²) in [6.45, 7) is 0.489. The predicted molar refractivity (Wildman–Crippen MR) is 58.5 cm³/mol. The van der Waals surface area contributed by atoms with Crippen LogP contribution in [0.3, 0.4) is 0 Å². The summed E-state index contributed by atoms with van der Waals surface area (Å²) in [5, 5.41) is 22.2. The molecule has 7 nitrogen and oxygen atoms in total. The summed E-state index contributed by atoms with van der Waals surface area (Å²) in [6, 6.07) is 1.20. The molecule has 1 aliphatic rings. The first-order valence-electron chi connectivity index (χ1n) is 5.35. The zero-order valence-electron chi connectivity index (χ0n) is 9.05. The zero-order chi connectivity index (χ0) is 12.4. The van der Waals surface area contributed by atoms with E-state index >= 15 is 0 Å². The predicted octanol–water partition coefficient (Wildman–Crippen LogP) is 0.424. The highest BCUT2D eigenvalue weighted by molar-refractivity contribution is 5.93. The summed E-state index contributed by atoms with van der Waals surface area (Å²) in [5.41, 5.74) is 0.0470. The highest BCUT2D eigenvalue weighted by Gasteiger charge is 2.27. The number of aliphatic hydroxyl groups excluding tert-OH is 1. The number of nitrogens with zero attached hydrogens (tertiary/aromatic N) is 1. The summed E-state index contributed by atoms with van der Waals surface area (Å²) in [7, 11) is 0. The van der Waals surface area contributed by atoms with Crippen molar-refractivity contribution in [3.63, 3.8) is 0 Å². The van der Waals surface area contributed by atoms with Gasteiger partial charge < -0.3 is 15.4 Å². The highest BCUT2D eigenvalue weighted by Crippen LogP contribution is 2.26. The number of amides is 1. The van der Waals surface area contributed by atoms with Crippen LogP contribution in [0, 0.1) is 16.0 Å². The SMILES string of the molecule is O=C(NCC1CC(O)C1)c1cc([N+](=O)[O-])c[nH]1. The van der Waals surface area contributed by atoms with Crippen molar-refractivity contribution < 1.29 is 14.8 Å². The maximum absolute atomic E-state index is 11.6. The lowest BCUT2D eigenvalue weighted by atomic mass is 9.82. The van der Waals surface area contributed by atoms with Gasteiger partial charge in [-0.1, -0.05) is 0 Å². The number of rotatable bonds is 4. The molecule has 0 atom stereocenters. The third-order valence-corrected chi connectivity index (χ3v) is 2.89. The fourth-order valence-corrected chi connectivity index (χ4v) is 1.82. The Morgan fingerprint density at radius 1 is 1.65 bits per heavy atom. The Kier molecular flexibility index (Phi) is 3.10. The molecule has 0 saturated heterocycles. The van der Waals surface area contributed by atoms with Gasteiger partial charge in [0.15, 0.2) is 0 Å². The lowest BCUT2D eigenvalue weighted by Gasteiger charge is -2.31. The molecule has 1 amide bonds. The van der Waals surface area contributed by atoms with E-state index in [1.807, 2.05) is 0 Å². The van der Waals surface area contributed by atoms with Crippen molar-refractivity contribution >= 4 is 11.6 Å². The van der Waals surface area contributed by atoms with E-state index < -0.39 is 4.92 Å². The number of aliphatic hydroxyl groups is 1. The summed E-state index contributed by atoms with van der Waals surface area (Å²) >= 11 is 0. The van der Waals surface area contributed by atoms with Gasteiger partial charge >= 0.3 is 0 Å². The number of hydrogen-bond acceptors (Lipinski definition) is 4. The van der Waals surface area contributed by atoms with Gasteiger partial charge in [0.2, 0.25) is 0 Å². The number of carbonyl (C=O) groups excluding carboxylic acids is 1. The van der Waals surface area contributed by atoms with Crippen molar-refractivity contribution in [2.24, 2.45) is 5.92 Å². The number of nitrogens with one attached hydrogen (secondary N) is 2. The van der Waals surface area contributed by atoms with Gasteiger partial charge in [0.1, 0.15) is 5.69 Å². The average molecular weight is 239 g/mol. The van der Waals surface area contributed by atoms with Gasteiger partial charge in [-0.25, -0.2) is 0 Å². The van der Waals surface area contributed by atoms with Gasteiger partial charge in [0, 0.05) is 12.6 Å². The molecule has 2 rings (SSSR count). The second-order valence-electron chi connectivity index (χ2n) is 4.23. The molecule has 1 aliphatic carbocycles. The molecule has 7 heteroatoms. The molecular weight excluding hydrogens is 226 g/mol. The van der Waals surface area contributed by atoms with Crippen molar-refractivity contribution in [1.82, 2.24) is 10.3 Å². The third-order valence-electron chi connectivity index (χ3n) is 2.89. The van der Waals surface area contributed by atoms with E-state index in [0.717, 1.165) is 0 Å². The molecule has 3 N–H and O–H groups in total. The van der Waals surface area contributed by atoms with E-state index in [1.165, 1.54) is 12.3 Å². The average Bonchev–Trinajstić information content (AvgIpc) is 2.71. The zero-order valence-corrected chi connectivity index (χ0v) is 9.05. The van der Waals surface area contributed by atoms with Crippen LogP contribution in [0.15, 0.2) is 12.3 Å². The summed E-state index contributed by atoms with van der Waals surface area (Å²) in [4.78, 5) is 24.0. The van der Waals surface area contributed by atoms with Crippen molar-refractivity contribution in [3.05, 3.63) is 28.1 Å². The fraction of sp³-hybridized carbons (Fsp3) is 0.500. The van der Waals surface area contributed by atoms with Crippen LogP contribution in [-0.2, 0) is 0 Å². The Balaban J connectivity index is 1.84. The highest BCUT2D eigenvalue weighted by atomic mass is 16.6. The fourth-order valence-electron chi connectivity index (χ4n) is 1.82. The van der Waals surface area contributed by atoms with Crippen LogP contribution in [0.4, 0.5) is 5.69 Å². The molecular formula is C10H13N3O4. The molecule has 1 saturated carbocycles. The lowest BCUT2D eigenvalue weighted by molar-refractivity contribution is -0.384. The molecule has 0 unspecified atom stereocenters. The van der Waals surface area contributed by atoms with Gasteiger partial charge in [0.25, 0.3) is 11.6 Å². The molecule has 1 fully saturated rings. The lowest BCUT2D eigenvalue weighted by Crippen LogP contribution is -2.38. The van der Waals surface area contributed by atoms with E-state index in [1.54, 1.807) is 0 Å². The monoisotopic (exact) mass is 239 g/mol. The number of nitro groups is 1. The van der Waals surface area contributed by atoms with E-state index in [-0.39, 0.29) is 23.4 Å². The first-order chi connectivity index (χ1) is 8.06. The molecule has 17 heavy (non-hydrogen) atoms. The van der Waals surface area contributed by atoms with Crippen molar-refractivity contribution in [3.8, 4) is 0 Å². The van der Waals surface area contributed by atoms with Crippen LogP contribution >= 0.6 is 0 Å². The van der Waals surface area contributed by atoms with Gasteiger partial charge in [-0.15, -0.1) is 0 Å². The number of aromatic amines is 1. The summed E-state index contributed by atoms with van der Waals surface area (Å²) < 4.78 is 0. The van der Waals surface area contributed by atoms with Crippen molar-refractivity contribution in [1.29, 1.82) is 0 Å². The molecule has 0 aromatic carbocycles. The number of H-pyrrole nitrogens is 1. The van der Waals surface area contributed by atoms with Gasteiger partial charge in [0.05, 0.1) is 17.2 Å². The minimum Gasteiger partial charge on any atom is -0.393 e. The normalized spacial score (nSPS) is 22.9. The first kappa shape index (κ1) is 11.6. The van der Waals surface area contributed by atoms with E-state index in [9.17, 15) is 14.9 Å². The van der Waals surface area contributed by atoms with Crippen molar-refractivity contribution in [2.75, 3.05) is 6.54 Å². The summed E-state index contributed by atoms with van der Waals surface area (Å²) in [5.74, 6) is -0.0570. The minimum atomic E-state index is -0.560. The smallest absolute Gasteiger partial charge is 0.287 e. The van der Waals surface area contributed by atoms with Crippen LogP contribution in [0.1, 0.15) is 23.3 Å². The van der Waals surface area contributed by atoms with Crippen LogP contribution in [0.5, 0.6) is 0 Å². The second-order valence-corrected chi connectivity index (χ2v) is 4.23. The number of aromatic nitrogens is 1. The quantitative estimate of drug-likeness (QED) is 0.522. The number of hydrogen-bond donors (Lipinski definition) is 3. The Morgan fingerprint density at radius 3 is 2.88 bits per heavy atom. The van der Waals surface area contributed by atoms with Crippen LogP contribution in [0.2, 0.25) is 0 Å². The Labute approximate surface area is 97.0 Å². The molecule has 1 aromatic rings. The summed E-state index contributed by atoms with van der Waals surface area (Å²) in [6.07, 6.45) is 2.33. The largest absolute Gasteiger partial charge is 0.393 e. The van der Waals surface area contributed by atoms with E-state index in [2.05, 4.69) is 10.3 Å². The number of carbonyl (C=O) groups is 1. The van der Waals surface area contributed by atoms with Crippen LogP contribution in [-0.4, -0.2) is 33.6 Å². The first-order valence-corrected chi connectivity index (χ1v) is 5.35. The second kappa shape index (κ2) is 4.54.